The van der Waals surface area contributed by atoms with Gasteiger partial charge in [-0.25, -0.2) is 9.79 Å². The third-order valence-corrected chi connectivity index (χ3v) is 4.28. The van der Waals surface area contributed by atoms with E-state index in [-0.39, 0.29) is 10.8 Å². The van der Waals surface area contributed by atoms with Crippen LogP contribution in [0.1, 0.15) is 11.5 Å². The van der Waals surface area contributed by atoms with Gasteiger partial charge in [-0.15, -0.1) is 11.8 Å². The minimum absolute atomic E-state index is 0.0452. The number of thioether (sulfide) groups is 1. The number of hydrogen-bond acceptors (Lipinski definition) is 7. The molecule has 3 rings (SSSR count). The maximum absolute atomic E-state index is 11.1. The molecule has 0 aliphatic heterocycles. The summed E-state index contributed by atoms with van der Waals surface area (Å²) in [5.41, 5.74) is 2.23. The Kier molecular flexibility index (Phi) is 5.85. The van der Waals surface area contributed by atoms with E-state index >= 15 is 0 Å². The topological polar surface area (TPSA) is 121 Å². The average molecular weight is 396 g/mol. The van der Waals surface area contributed by atoms with Gasteiger partial charge in [0.15, 0.2) is 0 Å². The van der Waals surface area contributed by atoms with Gasteiger partial charge in [-0.3, -0.25) is 0 Å². The third-order valence-electron chi connectivity index (χ3n) is 3.61. The first-order valence-corrected chi connectivity index (χ1v) is 9.33. The van der Waals surface area contributed by atoms with Crippen LogP contribution in [0.15, 0.2) is 63.0 Å². The van der Waals surface area contributed by atoms with Crippen molar-refractivity contribution in [3.8, 4) is 17.1 Å². The Hall–Kier alpha value is -3.46. The molecule has 8 nitrogen and oxygen atoms in total. The second-order valence-electron chi connectivity index (χ2n) is 5.60. The normalized spacial score (nSPS) is 12.2. The molecule has 0 saturated carbocycles. The lowest BCUT2D eigenvalue weighted by molar-refractivity contribution is 0.206. The van der Waals surface area contributed by atoms with Gasteiger partial charge in [-0.1, -0.05) is 17.3 Å². The summed E-state index contributed by atoms with van der Waals surface area (Å²) in [7, 11) is 0. The lowest BCUT2D eigenvalue weighted by Crippen LogP contribution is -2.13. The molecule has 2 N–H and O–H groups in total. The van der Waals surface area contributed by atoms with Crippen molar-refractivity contribution in [3.05, 3.63) is 60.0 Å². The van der Waals surface area contributed by atoms with Crippen LogP contribution < -0.4 is 0 Å². The Morgan fingerprint density at radius 3 is 2.50 bits per heavy atom. The number of phenolic OH excluding ortho intramolecular Hbond substituents is 1. The smallest absolute Gasteiger partial charge is 0.432 e. The highest BCUT2D eigenvalue weighted by Gasteiger charge is 2.14. The summed E-state index contributed by atoms with van der Waals surface area (Å²) in [5.74, 6) is 0.986. The van der Waals surface area contributed by atoms with E-state index in [0.29, 0.717) is 28.7 Å². The summed E-state index contributed by atoms with van der Waals surface area (Å²) in [6, 6.07) is 13.5. The molecule has 0 saturated heterocycles. The van der Waals surface area contributed by atoms with Gasteiger partial charge >= 0.3 is 6.09 Å². The number of aromatic hydroxyl groups is 1. The first kappa shape index (κ1) is 19.3. The SMILES string of the molecule is CSC(=NC(=O)O)C(=Nc1ccc(-c2noc(C)n2)cc1)c1cccc(O)c1. The molecule has 0 radical (unpaired) electrons. The second kappa shape index (κ2) is 8.49. The van der Waals surface area contributed by atoms with Crippen molar-refractivity contribution >= 4 is 34.3 Å². The standard InChI is InChI=1S/C19H16N4O4S/c1-11-20-17(23-27-11)12-6-8-14(9-7-12)21-16(18(28-2)22-19(25)26)13-4-3-5-15(24)10-13/h3-10,24H,1-2H3,(H,25,26). The number of aromatic nitrogens is 2. The predicted octanol–water partition coefficient (Wildman–Crippen LogP) is 4.31. The van der Waals surface area contributed by atoms with Crippen LogP contribution >= 0.6 is 11.8 Å². The zero-order chi connectivity index (χ0) is 20.1. The van der Waals surface area contributed by atoms with Crippen molar-refractivity contribution in [1.29, 1.82) is 0 Å². The molecule has 0 atom stereocenters. The summed E-state index contributed by atoms with van der Waals surface area (Å²) >= 11 is 1.15. The molecule has 1 heterocycles. The molecule has 28 heavy (non-hydrogen) atoms. The van der Waals surface area contributed by atoms with Crippen LogP contribution in [0.2, 0.25) is 0 Å². The first-order chi connectivity index (χ1) is 13.5. The lowest BCUT2D eigenvalue weighted by atomic mass is 10.1. The number of hydrogen-bond donors (Lipinski definition) is 2. The van der Waals surface area contributed by atoms with E-state index in [1.54, 1.807) is 49.6 Å². The Balaban J connectivity index is 2.04. The fourth-order valence-electron chi connectivity index (χ4n) is 2.40. The van der Waals surface area contributed by atoms with Crippen LogP contribution in [-0.2, 0) is 0 Å². The van der Waals surface area contributed by atoms with E-state index in [4.69, 9.17) is 9.63 Å². The maximum Gasteiger partial charge on any atom is 0.432 e. The zero-order valence-electron chi connectivity index (χ0n) is 15.0. The average Bonchev–Trinajstić information content (AvgIpc) is 3.11. The number of aliphatic imine (C=N–C) groups is 2. The van der Waals surface area contributed by atoms with E-state index < -0.39 is 6.09 Å². The predicted molar refractivity (Wildman–Crippen MR) is 108 cm³/mol. The second-order valence-corrected chi connectivity index (χ2v) is 6.39. The molecule has 0 aliphatic rings. The van der Waals surface area contributed by atoms with E-state index in [1.807, 2.05) is 0 Å². The molecule has 2 aromatic carbocycles. The number of nitrogens with zero attached hydrogens (tertiary/aromatic N) is 4. The summed E-state index contributed by atoms with van der Waals surface area (Å²) in [6.07, 6.45) is 0.391. The number of phenols is 1. The third kappa shape index (κ3) is 4.63. The molecule has 0 fully saturated rings. The Bertz CT molecular complexity index is 1060. The summed E-state index contributed by atoms with van der Waals surface area (Å²) in [4.78, 5) is 23.5. The molecule has 0 aliphatic carbocycles. The molecule has 1 aromatic heterocycles. The van der Waals surface area contributed by atoms with Crippen molar-refractivity contribution in [1.82, 2.24) is 10.1 Å². The summed E-state index contributed by atoms with van der Waals surface area (Å²) in [5, 5.41) is 22.9. The lowest BCUT2D eigenvalue weighted by Gasteiger charge is -2.09. The van der Waals surface area contributed by atoms with Crippen LogP contribution in [0.4, 0.5) is 10.5 Å². The van der Waals surface area contributed by atoms with Crippen LogP contribution in [0.3, 0.4) is 0 Å². The Morgan fingerprint density at radius 1 is 1.18 bits per heavy atom. The number of rotatable bonds is 4. The van der Waals surface area contributed by atoms with Gasteiger partial charge in [0.05, 0.1) is 5.69 Å². The van der Waals surface area contributed by atoms with Gasteiger partial charge in [-0.05, 0) is 42.7 Å². The van der Waals surface area contributed by atoms with Crippen molar-refractivity contribution < 1.29 is 19.5 Å². The largest absolute Gasteiger partial charge is 0.508 e. The van der Waals surface area contributed by atoms with Crippen LogP contribution in [0.25, 0.3) is 11.4 Å². The molecule has 0 spiro atoms. The van der Waals surface area contributed by atoms with E-state index in [0.717, 1.165) is 17.3 Å². The molecular formula is C19H16N4O4S. The molecule has 0 unspecified atom stereocenters. The molecule has 142 valence electrons. The highest BCUT2D eigenvalue weighted by Crippen LogP contribution is 2.23. The van der Waals surface area contributed by atoms with Crippen LogP contribution in [0.5, 0.6) is 5.75 Å². The van der Waals surface area contributed by atoms with E-state index in [2.05, 4.69) is 20.1 Å². The van der Waals surface area contributed by atoms with Gasteiger partial charge in [0, 0.05) is 18.1 Å². The number of amides is 1. The van der Waals surface area contributed by atoms with Gasteiger partial charge in [0.1, 0.15) is 16.5 Å². The van der Waals surface area contributed by atoms with Crippen LogP contribution in [0, 0.1) is 6.92 Å². The number of benzene rings is 2. The minimum atomic E-state index is -1.32. The fourth-order valence-corrected chi connectivity index (χ4v) is 2.93. The summed E-state index contributed by atoms with van der Waals surface area (Å²) in [6.45, 7) is 1.71. The van der Waals surface area contributed by atoms with Crippen LogP contribution in [-0.4, -0.2) is 43.5 Å². The quantitative estimate of drug-likeness (QED) is 0.498. The molecular weight excluding hydrogens is 380 g/mol. The van der Waals surface area contributed by atoms with Gasteiger partial charge in [0.25, 0.3) is 0 Å². The number of carboxylic acid groups (broad SMARTS) is 1. The van der Waals surface area contributed by atoms with Crippen molar-refractivity contribution in [2.24, 2.45) is 9.98 Å². The number of aryl methyl sites for hydroxylation is 1. The zero-order valence-corrected chi connectivity index (χ0v) is 15.8. The monoisotopic (exact) mass is 396 g/mol. The number of carbonyl (C=O) groups is 1. The molecule has 0 bridgehead atoms. The van der Waals surface area contributed by atoms with Crippen molar-refractivity contribution in [2.45, 2.75) is 6.92 Å². The van der Waals surface area contributed by atoms with E-state index in [1.165, 1.54) is 12.1 Å². The summed E-state index contributed by atoms with van der Waals surface area (Å²) < 4.78 is 4.98. The maximum atomic E-state index is 11.1. The van der Waals surface area contributed by atoms with Crippen molar-refractivity contribution in [3.63, 3.8) is 0 Å². The van der Waals surface area contributed by atoms with E-state index in [9.17, 15) is 9.90 Å². The van der Waals surface area contributed by atoms with Gasteiger partial charge < -0.3 is 14.7 Å². The molecule has 1 amide bonds. The van der Waals surface area contributed by atoms with Crippen molar-refractivity contribution in [2.75, 3.05) is 6.26 Å². The fraction of sp³-hybridized carbons (Fsp3) is 0.105. The highest BCUT2D eigenvalue weighted by molar-refractivity contribution is 8.15. The van der Waals surface area contributed by atoms with Gasteiger partial charge in [0.2, 0.25) is 11.7 Å². The Labute approximate surface area is 164 Å². The highest BCUT2D eigenvalue weighted by atomic mass is 32.2. The Morgan fingerprint density at radius 2 is 1.93 bits per heavy atom. The molecule has 9 heteroatoms. The first-order valence-electron chi connectivity index (χ1n) is 8.11. The minimum Gasteiger partial charge on any atom is -0.508 e. The molecule has 3 aromatic rings. The van der Waals surface area contributed by atoms with Gasteiger partial charge in [-0.2, -0.15) is 9.98 Å².